The molecule has 2 unspecified atom stereocenters. The molecule has 0 heterocycles. The summed E-state index contributed by atoms with van der Waals surface area (Å²) in [5.74, 6) is 0.844. The van der Waals surface area contributed by atoms with Gasteiger partial charge in [-0.15, -0.1) is 0 Å². The van der Waals surface area contributed by atoms with Crippen molar-refractivity contribution in [3.05, 3.63) is 18.2 Å². The number of benzene rings is 1. The van der Waals surface area contributed by atoms with Crippen molar-refractivity contribution in [1.29, 1.82) is 0 Å². The molecule has 0 radical (unpaired) electrons. The molecule has 3 N–H and O–H groups in total. The molecule has 0 amide bonds. The quantitative estimate of drug-likeness (QED) is 0.758. The average Bonchev–Trinajstić information content (AvgIpc) is 2.37. The second-order valence-electron chi connectivity index (χ2n) is 5.18. The van der Waals surface area contributed by atoms with Gasteiger partial charge in [0, 0.05) is 12.1 Å². The molecule has 0 aliphatic rings. The Morgan fingerprint density at radius 3 is 2.55 bits per heavy atom. The minimum absolute atomic E-state index is 0.113. The maximum absolute atomic E-state index is 12.3. The van der Waals surface area contributed by atoms with E-state index < -0.39 is 10.0 Å². The third-order valence-electron chi connectivity index (χ3n) is 3.32. The monoisotopic (exact) mass is 300 g/mol. The van der Waals surface area contributed by atoms with E-state index in [1.165, 1.54) is 25.3 Å². The van der Waals surface area contributed by atoms with Crippen LogP contribution >= 0.6 is 0 Å². The third kappa shape index (κ3) is 4.38. The predicted octanol–water partition coefficient (Wildman–Crippen LogP) is 2.38. The summed E-state index contributed by atoms with van der Waals surface area (Å²) in [6.45, 7) is 6.08. The van der Waals surface area contributed by atoms with E-state index in [2.05, 4.69) is 18.6 Å². The molecule has 20 heavy (non-hydrogen) atoms. The van der Waals surface area contributed by atoms with Crippen molar-refractivity contribution in [2.75, 3.05) is 12.8 Å². The molecular formula is C14H24N2O3S. The number of rotatable bonds is 7. The molecule has 1 aromatic rings. The summed E-state index contributed by atoms with van der Waals surface area (Å²) in [5.41, 5.74) is 6.10. The number of sulfonamides is 1. The summed E-state index contributed by atoms with van der Waals surface area (Å²) < 4.78 is 32.3. The molecule has 1 rings (SSSR count). The fourth-order valence-corrected chi connectivity index (χ4v) is 3.28. The molecule has 0 saturated carbocycles. The number of nitrogens with one attached hydrogen (secondary N) is 1. The van der Waals surface area contributed by atoms with Gasteiger partial charge in [-0.05, 0) is 31.4 Å². The third-order valence-corrected chi connectivity index (χ3v) is 4.91. The zero-order chi connectivity index (χ0) is 15.3. The van der Waals surface area contributed by atoms with E-state index in [0.29, 0.717) is 17.4 Å². The average molecular weight is 300 g/mol. The minimum Gasteiger partial charge on any atom is -0.495 e. The Hall–Kier alpha value is -1.27. The highest BCUT2D eigenvalue weighted by Gasteiger charge is 2.19. The van der Waals surface area contributed by atoms with Crippen molar-refractivity contribution < 1.29 is 13.2 Å². The SMILES string of the molecule is CCC(C)CC(C)NS(=O)(=O)c1ccc(N)c(OC)c1. The Balaban J connectivity index is 2.88. The van der Waals surface area contributed by atoms with Crippen LogP contribution in [0.3, 0.4) is 0 Å². The van der Waals surface area contributed by atoms with Gasteiger partial charge in [0.05, 0.1) is 17.7 Å². The van der Waals surface area contributed by atoms with Crippen LogP contribution in [0.4, 0.5) is 5.69 Å². The van der Waals surface area contributed by atoms with Crippen LogP contribution in [0.5, 0.6) is 5.75 Å². The molecule has 0 aliphatic heterocycles. The molecular weight excluding hydrogens is 276 g/mol. The molecule has 2 atom stereocenters. The lowest BCUT2D eigenvalue weighted by atomic mass is 10.0. The van der Waals surface area contributed by atoms with Crippen LogP contribution in [0.25, 0.3) is 0 Å². The summed E-state index contributed by atoms with van der Waals surface area (Å²) >= 11 is 0. The van der Waals surface area contributed by atoms with Gasteiger partial charge in [-0.25, -0.2) is 13.1 Å². The highest BCUT2D eigenvalue weighted by Crippen LogP contribution is 2.25. The smallest absolute Gasteiger partial charge is 0.240 e. The predicted molar refractivity (Wildman–Crippen MR) is 81.3 cm³/mol. The Labute approximate surface area is 121 Å². The van der Waals surface area contributed by atoms with Crippen LogP contribution in [0, 0.1) is 5.92 Å². The molecule has 0 aromatic heterocycles. The molecule has 0 saturated heterocycles. The summed E-state index contributed by atoms with van der Waals surface area (Å²) in [7, 11) is -2.09. The zero-order valence-electron chi connectivity index (χ0n) is 12.5. The molecule has 0 fully saturated rings. The highest BCUT2D eigenvalue weighted by atomic mass is 32.2. The van der Waals surface area contributed by atoms with E-state index in [0.717, 1.165) is 12.8 Å². The van der Waals surface area contributed by atoms with E-state index in [1.807, 2.05) is 6.92 Å². The lowest BCUT2D eigenvalue weighted by Gasteiger charge is -2.18. The maximum Gasteiger partial charge on any atom is 0.240 e. The van der Waals surface area contributed by atoms with Gasteiger partial charge in [0.15, 0.2) is 0 Å². The fraction of sp³-hybridized carbons (Fsp3) is 0.571. The van der Waals surface area contributed by atoms with Crippen molar-refractivity contribution in [2.45, 2.75) is 44.6 Å². The van der Waals surface area contributed by atoms with Gasteiger partial charge >= 0.3 is 0 Å². The summed E-state index contributed by atoms with van der Waals surface area (Å²) in [6, 6.07) is 4.34. The largest absolute Gasteiger partial charge is 0.495 e. The molecule has 5 nitrogen and oxygen atoms in total. The first-order chi connectivity index (χ1) is 9.30. The number of nitrogens with two attached hydrogens (primary N) is 1. The topological polar surface area (TPSA) is 81.4 Å². The lowest BCUT2D eigenvalue weighted by Crippen LogP contribution is -2.33. The van der Waals surface area contributed by atoms with Crippen molar-refractivity contribution in [3.63, 3.8) is 0 Å². The first kappa shape index (κ1) is 16.8. The Kier molecular flexibility index (Phi) is 5.83. The van der Waals surface area contributed by atoms with Crippen molar-refractivity contribution in [3.8, 4) is 5.75 Å². The van der Waals surface area contributed by atoms with Gasteiger partial charge in [0.2, 0.25) is 10.0 Å². The molecule has 0 spiro atoms. The molecule has 1 aromatic carbocycles. The molecule has 0 aliphatic carbocycles. The van der Waals surface area contributed by atoms with Crippen LogP contribution in [-0.2, 0) is 10.0 Å². The second kappa shape index (κ2) is 6.95. The molecule has 114 valence electrons. The standard InChI is InChI=1S/C14H24N2O3S/c1-5-10(2)8-11(3)16-20(17,18)12-6-7-13(15)14(9-12)19-4/h6-7,9-11,16H,5,8,15H2,1-4H3. The van der Waals surface area contributed by atoms with E-state index in [1.54, 1.807) is 0 Å². The summed E-state index contributed by atoms with van der Waals surface area (Å²) in [4.78, 5) is 0.166. The van der Waals surface area contributed by atoms with Crippen LogP contribution in [-0.4, -0.2) is 21.6 Å². The maximum atomic E-state index is 12.3. The van der Waals surface area contributed by atoms with Crippen molar-refractivity contribution >= 4 is 15.7 Å². The summed E-state index contributed by atoms with van der Waals surface area (Å²) in [5, 5.41) is 0. The van der Waals surface area contributed by atoms with Crippen molar-refractivity contribution in [1.82, 2.24) is 4.72 Å². The number of nitrogen functional groups attached to an aromatic ring is 1. The first-order valence-electron chi connectivity index (χ1n) is 6.76. The van der Waals surface area contributed by atoms with Gasteiger partial charge in [-0.3, -0.25) is 0 Å². The van der Waals surface area contributed by atoms with E-state index in [-0.39, 0.29) is 10.9 Å². The minimum atomic E-state index is -3.55. The normalized spacial score (nSPS) is 14.8. The van der Waals surface area contributed by atoms with Gasteiger partial charge in [0.1, 0.15) is 5.75 Å². The number of methoxy groups -OCH3 is 1. The second-order valence-corrected chi connectivity index (χ2v) is 6.89. The molecule has 0 bridgehead atoms. The van der Waals surface area contributed by atoms with Gasteiger partial charge in [0.25, 0.3) is 0 Å². The number of hydrogen-bond acceptors (Lipinski definition) is 4. The Bertz CT molecular complexity index is 543. The van der Waals surface area contributed by atoms with E-state index in [4.69, 9.17) is 10.5 Å². The lowest BCUT2D eigenvalue weighted by molar-refractivity contribution is 0.415. The Morgan fingerprint density at radius 2 is 2.00 bits per heavy atom. The van der Waals surface area contributed by atoms with Crippen LogP contribution < -0.4 is 15.2 Å². The first-order valence-corrected chi connectivity index (χ1v) is 8.24. The van der Waals surface area contributed by atoms with Crippen LogP contribution in [0.1, 0.15) is 33.6 Å². The van der Waals surface area contributed by atoms with Crippen LogP contribution in [0.15, 0.2) is 23.1 Å². The zero-order valence-corrected chi connectivity index (χ0v) is 13.3. The van der Waals surface area contributed by atoms with Crippen molar-refractivity contribution in [2.24, 2.45) is 5.92 Å². The summed E-state index contributed by atoms with van der Waals surface area (Å²) in [6.07, 6.45) is 1.84. The fourth-order valence-electron chi connectivity index (χ4n) is 2.01. The molecule has 6 heteroatoms. The van der Waals surface area contributed by atoms with Crippen LogP contribution in [0.2, 0.25) is 0 Å². The van der Waals surface area contributed by atoms with Gasteiger partial charge in [-0.1, -0.05) is 20.3 Å². The number of hydrogen-bond donors (Lipinski definition) is 2. The number of ether oxygens (including phenoxy) is 1. The number of anilines is 1. The Morgan fingerprint density at radius 1 is 1.35 bits per heavy atom. The highest BCUT2D eigenvalue weighted by molar-refractivity contribution is 7.89. The van der Waals surface area contributed by atoms with Gasteiger partial charge < -0.3 is 10.5 Å². The van der Waals surface area contributed by atoms with E-state index >= 15 is 0 Å². The van der Waals surface area contributed by atoms with Gasteiger partial charge in [-0.2, -0.15) is 0 Å². The van der Waals surface area contributed by atoms with E-state index in [9.17, 15) is 8.42 Å².